The molecule has 0 aromatic carbocycles. The minimum atomic E-state index is 0.0855. The SMILES string of the molecule is CN(C)CC(=O)NC1CCCCCC1N. The van der Waals surface area contributed by atoms with E-state index in [4.69, 9.17) is 5.73 Å². The van der Waals surface area contributed by atoms with Gasteiger partial charge in [0, 0.05) is 12.1 Å². The highest BCUT2D eigenvalue weighted by atomic mass is 16.2. The van der Waals surface area contributed by atoms with Gasteiger partial charge in [-0.2, -0.15) is 0 Å². The van der Waals surface area contributed by atoms with Gasteiger partial charge in [-0.25, -0.2) is 0 Å². The highest BCUT2D eigenvalue weighted by molar-refractivity contribution is 5.78. The highest BCUT2D eigenvalue weighted by Crippen LogP contribution is 2.16. The van der Waals surface area contributed by atoms with Gasteiger partial charge in [0.25, 0.3) is 0 Å². The number of carbonyl (C=O) groups excluding carboxylic acids is 1. The third kappa shape index (κ3) is 4.62. The first-order valence-electron chi connectivity index (χ1n) is 5.79. The first-order valence-corrected chi connectivity index (χ1v) is 5.79. The second kappa shape index (κ2) is 6.08. The highest BCUT2D eigenvalue weighted by Gasteiger charge is 2.21. The molecule has 0 aromatic heterocycles. The number of hydrogen-bond donors (Lipinski definition) is 2. The molecule has 0 radical (unpaired) electrons. The van der Waals surface area contributed by atoms with Crippen LogP contribution < -0.4 is 11.1 Å². The third-order valence-electron chi connectivity index (χ3n) is 2.88. The molecule has 88 valence electrons. The standard InChI is InChI=1S/C11H23N3O/c1-14(2)8-11(15)13-10-7-5-3-4-6-9(10)12/h9-10H,3-8,12H2,1-2H3,(H,13,15). The number of nitrogens with one attached hydrogen (secondary N) is 1. The van der Waals surface area contributed by atoms with Gasteiger partial charge in [-0.15, -0.1) is 0 Å². The van der Waals surface area contributed by atoms with Gasteiger partial charge in [-0.05, 0) is 26.9 Å². The summed E-state index contributed by atoms with van der Waals surface area (Å²) in [6.07, 6.45) is 5.68. The largest absolute Gasteiger partial charge is 0.351 e. The molecule has 4 heteroatoms. The lowest BCUT2D eigenvalue weighted by Crippen LogP contribution is -2.49. The first-order chi connectivity index (χ1) is 7.09. The Bertz CT molecular complexity index is 206. The summed E-state index contributed by atoms with van der Waals surface area (Å²) in [4.78, 5) is 13.4. The zero-order chi connectivity index (χ0) is 11.3. The summed E-state index contributed by atoms with van der Waals surface area (Å²) in [6, 6.07) is 0.318. The van der Waals surface area contributed by atoms with Crippen molar-refractivity contribution in [2.24, 2.45) is 5.73 Å². The lowest BCUT2D eigenvalue weighted by molar-refractivity contribution is -0.122. The molecule has 0 aliphatic heterocycles. The maximum atomic E-state index is 11.6. The summed E-state index contributed by atoms with van der Waals surface area (Å²) in [5.41, 5.74) is 6.03. The zero-order valence-electron chi connectivity index (χ0n) is 9.83. The molecule has 0 spiro atoms. The lowest BCUT2D eigenvalue weighted by Gasteiger charge is -2.23. The van der Waals surface area contributed by atoms with Gasteiger partial charge in [0.1, 0.15) is 0 Å². The van der Waals surface area contributed by atoms with Crippen molar-refractivity contribution in [1.29, 1.82) is 0 Å². The molecule has 0 aromatic rings. The van der Waals surface area contributed by atoms with Crippen LogP contribution in [-0.2, 0) is 4.79 Å². The molecule has 1 saturated carbocycles. The second-order valence-electron chi connectivity index (χ2n) is 4.71. The number of likely N-dealkylation sites (N-methyl/N-ethyl adjacent to an activating group) is 1. The van der Waals surface area contributed by atoms with Crippen LogP contribution in [0.3, 0.4) is 0 Å². The molecule has 0 bridgehead atoms. The molecule has 2 unspecified atom stereocenters. The maximum absolute atomic E-state index is 11.6. The maximum Gasteiger partial charge on any atom is 0.234 e. The molecular formula is C11H23N3O. The summed E-state index contributed by atoms with van der Waals surface area (Å²) in [6.45, 7) is 0.448. The van der Waals surface area contributed by atoms with Crippen LogP contribution in [0.2, 0.25) is 0 Å². The zero-order valence-corrected chi connectivity index (χ0v) is 9.83. The number of hydrogen-bond acceptors (Lipinski definition) is 3. The normalized spacial score (nSPS) is 27.5. The topological polar surface area (TPSA) is 58.4 Å². The first kappa shape index (κ1) is 12.5. The Kier molecular flexibility index (Phi) is 5.05. The predicted molar refractivity (Wildman–Crippen MR) is 61.5 cm³/mol. The van der Waals surface area contributed by atoms with Crippen LogP contribution in [0, 0.1) is 0 Å². The minimum Gasteiger partial charge on any atom is -0.351 e. The van der Waals surface area contributed by atoms with Crippen molar-refractivity contribution in [3.05, 3.63) is 0 Å². The van der Waals surface area contributed by atoms with Crippen molar-refractivity contribution in [2.75, 3.05) is 20.6 Å². The molecule has 4 nitrogen and oxygen atoms in total. The molecule has 0 heterocycles. The van der Waals surface area contributed by atoms with Gasteiger partial charge in [0.2, 0.25) is 5.91 Å². The number of rotatable bonds is 3. The second-order valence-corrected chi connectivity index (χ2v) is 4.71. The van der Waals surface area contributed by atoms with Gasteiger partial charge >= 0.3 is 0 Å². The Morgan fingerprint density at radius 2 is 2.00 bits per heavy atom. The Labute approximate surface area is 92.2 Å². The smallest absolute Gasteiger partial charge is 0.234 e. The molecule has 1 rings (SSSR count). The number of amides is 1. The van der Waals surface area contributed by atoms with E-state index < -0.39 is 0 Å². The number of nitrogens with two attached hydrogens (primary N) is 1. The molecule has 3 N–H and O–H groups in total. The fourth-order valence-electron chi connectivity index (χ4n) is 2.06. The Hall–Kier alpha value is -0.610. The number of nitrogens with zero attached hydrogens (tertiary/aromatic N) is 1. The third-order valence-corrected chi connectivity index (χ3v) is 2.88. The van der Waals surface area contributed by atoms with Crippen LogP contribution in [0.4, 0.5) is 0 Å². The summed E-state index contributed by atoms with van der Waals surface area (Å²) in [5.74, 6) is 0.0855. The van der Waals surface area contributed by atoms with Crippen LogP contribution in [-0.4, -0.2) is 43.5 Å². The van der Waals surface area contributed by atoms with Crippen molar-refractivity contribution in [2.45, 2.75) is 44.2 Å². The van der Waals surface area contributed by atoms with Crippen molar-refractivity contribution >= 4 is 5.91 Å². The fourth-order valence-corrected chi connectivity index (χ4v) is 2.06. The summed E-state index contributed by atoms with van der Waals surface area (Å²) in [7, 11) is 3.79. The molecule has 2 atom stereocenters. The molecule has 0 saturated heterocycles. The molecular weight excluding hydrogens is 190 g/mol. The van der Waals surface area contributed by atoms with Gasteiger partial charge in [-0.3, -0.25) is 4.79 Å². The summed E-state index contributed by atoms with van der Waals surface area (Å²) >= 11 is 0. The van der Waals surface area contributed by atoms with Crippen LogP contribution >= 0.6 is 0 Å². The van der Waals surface area contributed by atoms with Crippen molar-refractivity contribution < 1.29 is 4.79 Å². The lowest BCUT2D eigenvalue weighted by atomic mass is 10.0. The van der Waals surface area contributed by atoms with Crippen LogP contribution in [0.5, 0.6) is 0 Å². The van der Waals surface area contributed by atoms with E-state index in [1.54, 1.807) is 0 Å². The quantitative estimate of drug-likeness (QED) is 0.664. The van der Waals surface area contributed by atoms with Gasteiger partial charge in [0.15, 0.2) is 0 Å². The summed E-state index contributed by atoms with van der Waals surface area (Å²) in [5, 5.41) is 3.03. The summed E-state index contributed by atoms with van der Waals surface area (Å²) < 4.78 is 0. The van der Waals surface area contributed by atoms with E-state index in [0.29, 0.717) is 6.54 Å². The van der Waals surface area contributed by atoms with E-state index in [9.17, 15) is 4.79 Å². The predicted octanol–water partition coefficient (Wildman–Crippen LogP) is 0.324. The van der Waals surface area contributed by atoms with Crippen molar-refractivity contribution in [3.63, 3.8) is 0 Å². The average Bonchev–Trinajstić information content (AvgIpc) is 2.30. The molecule has 1 amide bonds. The van der Waals surface area contributed by atoms with E-state index in [2.05, 4.69) is 5.32 Å². The van der Waals surface area contributed by atoms with E-state index in [0.717, 1.165) is 12.8 Å². The van der Waals surface area contributed by atoms with E-state index >= 15 is 0 Å². The Morgan fingerprint density at radius 3 is 2.67 bits per heavy atom. The van der Waals surface area contributed by atoms with Crippen LogP contribution in [0.1, 0.15) is 32.1 Å². The van der Waals surface area contributed by atoms with Gasteiger partial charge in [0.05, 0.1) is 6.54 Å². The average molecular weight is 213 g/mol. The van der Waals surface area contributed by atoms with E-state index in [-0.39, 0.29) is 18.0 Å². The van der Waals surface area contributed by atoms with Gasteiger partial charge in [-0.1, -0.05) is 19.3 Å². The molecule has 1 aliphatic rings. The van der Waals surface area contributed by atoms with Crippen LogP contribution in [0.15, 0.2) is 0 Å². The molecule has 15 heavy (non-hydrogen) atoms. The van der Waals surface area contributed by atoms with Gasteiger partial charge < -0.3 is 16.0 Å². The monoisotopic (exact) mass is 213 g/mol. The minimum absolute atomic E-state index is 0.0855. The fraction of sp³-hybridized carbons (Fsp3) is 0.909. The molecule has 1 fully saturated rings. The Morgan fingerprint density at radius 1 is 1.33 bits per heavy atom. The van der Waals surface area contributed by atoms with Crippen molar-refractivity contribution in [1.82, 2.24) is 10.2 Å². The van der Waals surface area contributed by atoms with Crippen LogP contribution in [0.25, 0.3) is 0 Å². The molecule has 1 aliphatic carbocycles. The number of carbonyl (C=O) groups is 1. The Balaban J connectivity index is 2.37. The van der Waals surface area contributed by atoms with Crippen molar-refractivity contribution in [3.8, 4) is 0 Å². The van der Waals surface area contributed by atoms with E-state index in [1.807, 2.05) is 19.0 Å². The van der Waals surface area contributed by atoms with E-state index in [1.165, 1.54) is 19.3 Å².